The minimum Gasteiger partial charge on any atom is -0.274 e. The standard InChI is InChI=1S/C17H14N4O/c18-20-17(22)21(19)14-9-7-12-5-4-10-2-1-3-11-6-8-13(14)16(12)15(10)11/h1-9H,18-19H2,(H,20,22). The number of carbonyl (C=O) groups is 1. The number of urea groups is 1. The van der Waals surface area contributed by atoms with E-state index in [1.165, 1.54) is 16.2 Å². The number of anilines is 1. The van der Waals surface area contributed by atoms with Gasteiger partial charge >= 0.3 is 6.03 Å². The number of rotatable bonds is 1. The lowest BCUT2D eigenvalue weighted by atomic mass is 9.93. The maximum absolute atomic E-state index is 11.7. The second-order valence-electron chi connectivity index (χ2n) is 5.26. The van der Waals surface area contributed by atoms with E-state index in [2.05, 4.69) is 29.7 Å². The van der Waals surface area contributed by atoms with Crippen molar-refractivity contribution in [2.24, 2.45) is 11.7 Å². The number of nitrogens with one attached hydrogen (secondary N) is 1. The molecule has 0 saturated heterocycles. The summed E-state index contributed by atoms with van der Waals surface area (Å²) in [4.78, 5) is 11.7. The molecule has 4 aromatic carbocycles. The Kier molecular flexibility index (Phi) is 2.66. The van der Waals surface area contributed by atoms with E-state index >= 15 is 0 Å². The van der Waals surface area contributed by atoms with Crippen molar-refractivity contribution in [3.63, 3.8) is 0 Å². The fourth-order valence-corrected chi connectivity index (χ4v) is 3.11. The van der Waals surface area contributed by atoms with Crippen molar-refractivity contribution in [1.82, 2.24) is 5.43 Å². The Balaban J connectivity index is 2.15. The normalized spacial score (nSPS) is 11.4. The van der Waals surface area contributed by atoms with Crippen molar-refractivity contribution < 1.29 is 4.79 Å². The van der Waals surface area contributed by atoms with E-state index in [9.17, 15) is 4.79 Å². The molecule has 0 spiro atoms. The largest absolute Gasteiger partial charge is 0.350 e. The van der Waals surface area contributed by atoms with Gasteiger partial charge in [0.1, 0.15) is 0 Å². The van der Waals surface area contributed by atoms with Crippen molar-refractivity contribution >= 4 is 44.0 Å². The van der Waals surface area contributed by atoms with Gasteiger partial charge in [-0.25, -0.2) is 21.5 Å². The molecule has 5 heteroatoms. The first kappa shape index (κ1) is 12.8. The molecule has 0 aliphatic carbocycles. The lowest BCUT2D eigenvalue weighted by molar-refractivity contribution is 0.246. The molecule has 4 rings (SSSR count). The zero-order valence-electron chi connectivity index (χ0n) is 11.7. The van der Waals surface area contributed by atoms with Gasteiger partial charge < -0.3 is 0 Å². The third-order valence-corrected chi connectivity index (χ3v) is 4.11. The Morgan fingerprint density at radius 2 is 1.45 bits per heavy atom. The van der Waals surface area contributed by atoms with Gasteiger partial charge in [-0.2, -0.15) is 0 Å². The summed E-state index contributed by atoms with van der Waals surface area (Å²) in [6.07, 6.45) is 0. The first-order valence-electron chi connectivity index (χ1n) is 6.92. The van der Waals surface area contributed by atoms with Crippen LogP contribution in [0.2, 0.25) is 0 Å². The molecule has 0 bridgehead atoms. The Hall–Kier alpha value is -2.89. The average Bonchev–Trinajstić information content (AvgIpc) is 2.58. The van der Waals surface area contributed by atoms with Crippen molar-refractivity contribution in [1.29, 1.82) is 0 Å². The number of carbonyl (C=O) groups excluding carboxylic acids is 1. The van der Waals surface area contributed by atoms with Gasteiger partial charge in [0.15, 0.2) is 0 Å². The molecule has 0 aliphatic rings. The molecule has 22 heavy (non-hydrogen) atoms. The highest BCUT2D eigenvalue weighted by Crippen LogP contribution is 2.38. The summed E-state index contributed by atoms with van der Waals surface area (Å²) in [5.74, 6) is 11.1. The van der Waals surface area contributed by atoms with Crippen LogP contribution in [-0.2, 0) is 0 Å². The Morgan fingerprint density at radius 3 is 2.14 bits per heavy atom. The Morgan fingerprint density at radius 1 is 0.864 bits per heavy atom. The van der Waals surface area contributed by atoms with Crippen molar-refractivity contribution in [3.05, 3.63) is 54.6 Å². The smallest absolute Gasteiger partial charge is 0.274 e. The Bertz CT molecular complexity index is 996. The topological polar surface area (TPSA) is 84.4 Å². The van der Waals surface area contributed by atoms with E-state index in [4.69, 9.17) is 11.7 Å². The van der Waals surface area contributed by atoms with E-state index in [0.717, 1.165) is 21.2 Å². The summed E-state index contributed by atoms with van der Waals surface area (Å²) >= 11 is 0. The van der Waals surface area contributed by atoms with Crippen LogP contribution in [0, 0.1) is 0 Å². The summed E-state index contributed by atoms with van der Waals surface area (Å²) in [5, 5.41) is 7.69. The molecule has 0 aromatic heterocycles. The molecule has 108 valence electrons. The summed E-state index contributed by atoms with van der Waals surface area (Å²) < 4.78 is 0. The minimum atomic E-state index is -0.560. The average molecular weight is 290 g/mol. The van der Waals surface area contributed by atoms with Crippen LogP contribution in [0.1, 0.15) is 0 Å². The van der Waals surface area contributed by atoms with Crippen LogP contribution in [0.25, 0.3) is 32.3 Å². The molecule has 0 heterocycles. The quantitative estimate of drug-likeness (QED) is 0.218. The molecule has 0 atom stereocenters. The summed E-state index contributed by atoms with van der Waals surface area (Å²) in [6, 6.07) is 17.7. The van der Waals surface area contributed by atoms with Gasteiger partial charge in [0.25, 0.3) is 0 Å². The Labute approximate surface area is 126 Å². The number of nitrogens with two attached hydrogens (primary N) is 2. The van der Waals surface area contributed by atoms with Crippen LogP contribution in [0.5, 0.6) is 0 Å². The van der Waals surface area contributed by atoms with Gasteiger partial charge in [-0.1, -0.05) is 48.5 Å². The lowest BCUT2D eigenvalue weighted by Gasteiger charge is -2.20. The highest BCUT2D eigenvalue weighted by atomic mass is 16.2. The third kappa shape index (κ3) is 1.64. The molecule has 0 saturated carbocycles. The predicted molar refractivity (Wildman–Crippen MR) is 89.5 cm³/mol. The number of hydrazine groups is 2. The van der Waals surface area contributed by atoms with E-state index in [0.29, 0.717) is 5.69 Å². The fraction of sp³-hybridized carbons (Fsp3) is 0. The van der Waals surface area contributed by atoms with E-state index in [-0.39, 0.29) is 0 Å². The lowest BCUT2D eigenvalue weighted by Crippen LogP contribution is -2.47. The first-order valence-corrected chi connectivity index (χ1v) is 6.92. The van der Waals surface area contributed by atoms with Crippen molar-refractivity contribution in [2.45, 2.75) is 0 Å². The van der Waals surface area contributed by atoms with Crippen molar-refractivity contribution in [2.75, 3.05) is 5.01 Å². The molecule has 0 aliphatic heterocycles. The molecule has 0 unspecified atom stereocenters. The third-order valence-electron chi connectivity index (χ3n) is 4.11. The minimum absolute atomic E-state index is 0.560. The SMILES string of the molecule is NNC(=O)N(N)c1ccc2ccc3cccc4ccc1c2c34. The van der Waals surface area contributed by atoms with Crippen molar-refractivity contribution in [3.8, 4) is 0 Å². The highest BCUT2D eigenvalue weighted by molar-refractivity contribution is 6.25. The predicted octanol–water partition coefficient (Wildman–Crippen LogP) is 2.85. The molecule has 4 aromatic rings. The first-order chi connectivity index (χ1) is 10.7. The molecule has 2 amide bonds. The van der Waals surface area contributed by atoms with Gasteiger partial charge in [-0.3, -0.25) is 5.43 Å². The number of hydrogen-bond donors (Lipinski definition) is 3. The number of benzene rings is 4. The van der Waals surface area contributed by atoms with Gasteiger partial charge in [0.05, 0.1) is 5.69 Å². The zero-order valence-corrected chi connectivity index (χ0v) is 11.7. The molecular formula is C17H14N4O. The summed E-state index contributed by atoms with van der Waals surface area (Å²) in [7, 11) is 0. The number of hydrogen-bond acceptors (Lipinski definition) is 3. The molecule has 5 nitrogen and oxygen atoms in total. The molecule has 0 radical (unpaired) electrons. The monoisotopic (exact) mass is 290 g/mol. The maximum atomic E-state index is 11.7. The van der Waals surface area contributed by atoms with Crippen LogP contribution in [0.4, 0.5) is 10.5 Å². The molecular weight excluding hydrogens is 276 g/mol. The number of nitrogens with zero attached hydrogens (tertiary/aromatic N) is 1. The van der Waals surface area contributed by atoms with Gasteiger partial charge in [0.2, 0.25) is 0 Å². The van der Waals surface area contributed by atoms with E-state index < -0.39 is 6.03 Å². The van der Waals surface area contributed by atoms with E-state index in [1.807, 2.05) is 30.3 Å². The number of amides is 2. The van der Waals surface area contributed by atoms with Crippen LogP contribution >= 0.6 is 0 Å². The van der Waals surface area contributed by atoms with Crippen LogP contribution in [-0.4, -0.2) is 6.03 Å². The van der Waals surface area contributed by atoms with Gasteiger partial charge in [-0.05, 0) is 33.0 Å². The molecule has 5 N–H and O–H groups in total. The maximum Gasteiger partial charge on any atom is 0.350 e. The van der Waals surface area contributed by atoms with E-state index in [1.54, 1.807) is 0 Å². The van der Waals surface area contributed by atoms with Gasteiger partial charge in [-0.15, -0.1) is 0 Å². The summed E-state index contributed by atoms with van der Waals surface area (Å²) in [6.45, 7) is 0. The summed E-state index contributed by atoms with van der Waals surface area (Å²) in [5.41, 5.74) is 2.67. The van der Waals surface area contributed by atoms with Gasteiger partial charge in [0, 0.05) is 5.39 Å². The van der Waals surface area contributed by atoms with Crippen LogP contribution < -0.4 is 22.1 Å². The molecule has 0 fully saturated rings. The fourth-order valence-electron chi connectivity index (χ4n) is 3.11. The van der Waals surface area contributed by atoms with Crippen LogP contribution in [0.3, 0.4) is 0 Å². The highest BCUT2D eigenvalue weighted by Gasteiger charge is 2.16. The second kappa shape index (κ2) is 4.56. The zero-order chi connectivity index (χ0) is 15.3. The second-order valence-corrected chi connectivity index (χ2v) is 5.26. The van der Waals surface area contributed by atoms with Crippen LogP contribution in [0.15, 0.2) is 54.6 Å².